The first-order chi connectivity index (χ1) is 5.56. The molecule has 0 heterocycles. The summed E-state index contributed by atoms with van der Waals surface area (Å²) in [5.74, 6) is 0. The fraction of sp³-hybridized carbons (Fsp3) is 0.400. The van der Waals surface area contributed by atoms with Crippen molar-refractivity contribution >= 4 is 15.9 Å². The van der Waals surface area contributed by atoms with E-state index in [0.717, 1.165) is 10.9 Å². The Labute approximate surface area is 82.1 Å². The van der Waals surface area contributed by atoms with Crippen molar-refractivity contribution in [1.29, 1.82) is 0 Å². The van der Waals surface area contributed by atoms with E-state index in [2.05, 4.69) is 41.9 Å². The number of nitrogens with two attached hydrogens (primary N) is 1. The number of hydrogen-bond acceptors (Lipinski definition) is 1. The molecule has 0 bridgehead atoms. The molecule has 66 valence electrons. The molecular weight excluding hydrogens is 214 g/mol. The molecule has 2 N–H and O–H groups in total. The van der Waals surface area contributed by atoms with E-state index in [1.165, 1.54) is 5.56 Å². The summed E-state index contributed by atoms with van der Waals surface area (Å²) in [6.45, 7) is 4.15. The van der Waals surface area contributed by atoms with Crippen LogP contribution in [0, 0.1) is 0 Å². The lowest BCUT2D eigenvalue weighted by molar-refractivity contribution is 0.476. The molecule has 12 heavy (non-hydrogen) atoms. The van der Waals surface area contributed by atoms with Gasteiger partial charge in [0.05, 0.1) is 0 Å². The number of hydrogen-bond donors (Lipinski definition) is 1. The van der Waals surface area contributed by atoms with Gasteiger partial charge in [-0.3, -0.25) is 0 Å². The van der Waals surface area contributed by atoms with Gasteiger partial charge in [0, 0.05) is 10.0 Å². The van der Waals surface area contributed by atoms with Crippen LogP contribution in [0.15, 0.2) is 28.7 Å². The largest absolute Gasteiger partial charge is 0.322 e. The third kappa shape index (κ3) is 2.08. The summed E-state index contributed by atoms with van der Waals surface area (Å²) in [5, 5.41) is 0. The van der Waals surface area contributed by atoms with Gasteiger partial charge in [0.1, 0.15) is 0 Å². The van der Waals surface area contributed by atoms with Crippen LogP contribution in [0.4, 0.5) is 0 Å². The summed E-state index contributed by atoms with van der Waals surface area (Å²) in [4.78, 5) is 0. The number of halogens is 1. The molecule has 0 spiro atoms. The molecule has 0 aliphatic heterocycles. The quantitative estimate of drug-likeness (QED) is 0.827. The van der Waals surface area contributed by atoms with E-state index in [9.17, 15) is 0 Å². The molecule has 1 rings (SSSR count). The zero-order valence-corrected chi connectivity index (χ0v) is 9.06. The summed E-state index contributed by atoms with van der Waals surface area (Å²) in [6.07, 6.45) is 0.948. The second kappa shape index (κ2) is 3.58. The van der Waals surface area contributed by atoms with Gasteiger partial charge in [0.25, 0.3) is 0 Å². The van der Waals surface area contributed by atoms with Crippen molar-refractivity contribution in [1.82, 2.24) is 0 Å². The van der Waals surface area contributed by atoms with E-state index in [1.807, 2.05) is 12.1 Å². The van der Waals surface area contributed by atoms with Crippen LogP contribution in [-0.2, 0) is 5.54 Å². The van der Waals surface area contributed by atoms with Gasteiger partial charge in [-0.25, -0.2) is 0 Å². The van der Waals surface area contributed by atoms with Gasteiger partial charge in [0.2, 0.25) is 0 Å². The highest BCUT2D eigenvalue weighted by Crippen LogP contribution is 2.23. The van der Waals surface area contributed by atoms with E-state index in [-0.39, 0.29) is 5.54 Å². The highest BCUT2D eigenvalue weighted by Gasteiger charge is 2.17. The molecule has 0 aliphatic carbocycles. The minimum Gasteiger partial charge on any atom is -0.322 e. The van der Waals surface area contributed by atoms with Crippen molar-refractivity contribution in [3.63, 3.8) is 0 Å². The van der Waals surface area contributed by atoms with E-state index in [0.29, 0.717) is 0 Å². The maximum atomic E-state index is 6.09. The van der Waals surface area contributed by atoms with Crippen molar-refractivity contribution in [3.05, 3.63) is 34.3 Å². The van der Waals surface area contributed by atoms with Crippen LogP contribution in [0.25, 0.3) is 0 Å². The Balaban J connectivity index is 3.03. The Bertz CT molecular complexity index is 268. The molecule has 0 fully saturated rings. The molecule has 1 aromatic rings. The SMILES string of the molecule is CCC(C)(N)c1cccc(Br)c1. The first-order valence-corrected chi connectivity index (χ1v) is 4.90. The first-order valence-electron chi connectivity index (χ1n) is 4.11. The average Bonchev–Trinajstić information content (AvgIpc) is 2.05. The molecule has 0 radical (unpaired) electrons. The molecule has 2 heteroatoms. The van der Waals surface area contributed by atoms with Crippen molar-refractivity contribution < 1.29 is 0 Å². The van der Waals surface area contributed by atoms with Gasteiger partial charge < -0.3 is 5.73 Å². The summed E-state index contributed by atoms with van der Waals surface area (Å²) >= 11 is 3.43. The second-order valence-electron chi connectivity index (χ2n) is 3.28. The van der Waals surface area contributed by atoms with Crippen molar-refractivity contribution in [3.8, 4) is 0 Å². The zero-order valence-electron chi connectivity index (χ0n) is 7.47. The van der Waals surface area contributed by atoms with Crippen molar-refractivity contribution in [2.24, 2.45) is 5.73 Å². The van der Waals surface area contributed by atoms with E-state index in [1.54, 1.807) is 0 Å². The molecule has 1 unspecified atom stereocenters. The fourth-order valence-corrected chi connectivity index (χ4v) is 1.45. The molecular formula is C10H14BrN. The topological polar surface area (TPSA) is 26.0 Å². The van der Waals surface area contributed by atoms with Crippen LogP contribution in [-0.4, -0.2) is 0 Å². The molecule has 0 saturated carbocycles. The lowest BCUT2D eigenvalue weighted by atomic mass is 9.91. The summed E-state index contributed by atoms with van der Waals surface area (Å²) < 4.78 is 1.09. The number of benzene rings is 1. The highest BCUT2D eigenvalue weighted by molar-refractivity contribution is 9.10. The summed E-state index contributed by atoms with van der Waals surface area (Å²) in [7, 11) is 0. The predicted octanol–water partition coefficient (Wildman–Crippen LogP) is 3.03. The molecule has 1 nitrogen and oxygen atoms in total. The van der Waals surface area contributed by atoms with Gasteiger partial charge in [-0.05, 0) is 31.0 Å². The Hall–Kier alpha value is -0.340. The van der Waals surface area contributed by atoms with Crippen LogP contribution >= 0.6 is 15.9 Å². The van der Waals surface area contributed by atoms with E-state index < -0.39 is 0 Å². The Morgan fingerprint density at radius 1 is 1.50 bits per heavy atom. The molecule has 0 saturated heterocycles. The van der Waals surface area contributed by atoms with Crippen LogP contribution in [0.2, 0.25) is 0 Å². The predicted molar refractivity (Wildman–Crippen MR) is 56.0 cm³/mol. The van der Waals surface area contributed by atoms with Crippen LogP contribution < -0.4 is 5.73 Å². The Morgan fingerprint density at radius 3 is 2.67 bits per heavy atom. The molecule has 0 amide bonds. The third-order valence-electron chi connectivity index (χ3n) is 2.22. The minimum atomic E-state index is -0.205. The van der Waals surface area contributed by atoms with E-state index >= 15 is 0 Å². The van der Waals surface area contributed by atoms with Crippen molar-refractivity contribution in [2.75, 3.05) is 0 Å². The normalized spacial score (nSPS) is 15.7. The van der Waals surface area contributed by atoms with Crippen molar-refractivity contribution in [2.45, 2.75) is 25.8 Å². The van der Waals surface area contributed by atoms with Gasteiger partial charge in [-0.15, -0.1) is 0 Å². The molecule has 1 aromatic carbocycles. The standard InChI is InChI=1S/C10H14BrN/c1-3-10(2,12)8-5-4-6-9(11)7-8/h4-7H,3,12H2,1-2H3. The second-order valence-corrected chi connectivity index (χ2v) is 4.20. The third-order valence-corrected chi connectivity index (χ3v) is 2.71. The molecule has 1 atom stereocenters. The van der Waals surface area contributed by atoms with E-state index in [4.69, 9.17) is 5.73 Å². The average molecular weight is 228 g/mol. The van der Waals surface area contributed by atoms with Gasteiger partial charge in [0.15, 0.2) is 0 Å². The zero-order chi connectivity index (χ0) is 9.19. The number of rotatable bonds is 2. The fourth-order valence-electron chi connectivity index (χ4n) is 1.05. The first kappa shape index (κ1) is 9.75. The van der Waals surface area contributed by atoms with Gasteiger partial charge in [-0.1, -0.05) is 35.0 Å². The van der Waals surface area contributed by atoms with Crippen LogP contribution in [0.1, 0.15) is 25.8 Å². The maximum Gasteiger partial charge on any atom is 0.0378 e. The lowest BCUT2D eigenvalue weighted by Crippen LogP contribution is -2.31. The Morgan fingerprint density at radius 2 is 2.17 bits per heavy atom. The minimum absolute atomic E-state index is 0.205. The molecule has 0 aliphatic rings. The highest BCUT2D eigenvalue weighted by atomic mass is 79.9. The van der Waals surface area contributed by atoms with Crippen LogP contribution in [0.5, 0.6) is 0 Å². The summed E-state index contributed by atoms with van der Waals surface area (Å²) in [6, 6.07) is 8.16. The monoisotopic (exact) mass is 227 g/mol. The molecule has 0 aromatic heterocycles. The van der Waals surface area contributed by atoms with Crippen LogP contribution in [0.3, 0.4) is 0 Å². The maximum absolute atomic E-state index is 6.09. The lowest BCUT2D eigenvalue weighted by Gasteiger charge is -2.23. The van der Waals surface area contributed by atoms with Gasteiger partial charge in [-0.2, -0.15) is 0 Å². The Kier molecular flexibility index (Phi) is 2.91. The smallest absolute Gasteiger partial charge is 0.0378 e. The summed E-state index contributed by atoms with van der Waals surface area (Å²) in [5.41, 5.74) is 7.06. The van der Waals surface area contributed by atoms with Gasteiger partial charge >= 0.3 is 0 Å².